The summed E-state index contributed by atoms with van der Waals surface area (Å²) in [4.78, 5) is 1.24. The largest absolute Gasteiger partial charge is 0.457 e. The van der Waals surface area contributed by atoms with Crippen molar-refractivity contribution in [3.8, 4) is 0 Å². The minimum Gasteiger partial charge on any atom is -0.457 e. The van der Waals surface area contributed by atoms with E-state index in [1.807, 2.05) is 6.26 Å². The lowest BCUT2D eigenvalue weighted by atomic mass is 9.80. The Hall–Kier alpha value is -1.19. The Labute approximate surface area is 148 Å². The Morgan fingerprint density at radius 2 is 1.88 bits per heavy atom. The van der Waals surface area contributed by atoms with E-state index in [2.05, 4.69) is 51.1 Å². The highest BCUT2D eigenvalue weighted by atomic mass is 32.2. The summed E-state index contributed by atoms with van der Waals surface area (Å²) in [5, 5.41) is 1.06. The van der Waals surface area contributed by atoms with Crippen LogP contribution in [0.1, 0.15) is 50.8 Å². The lowest BCUT2D eigenvalue weighted by Gasteiger charge is -2.35. The van der Waals surface area contributed by atoms with Gasteiger partial charge in [-0.15, -0.1) is 0 Å². The van der Waals surface area contributed by atoms with Crippen LogP contribution in [0.5, 0.6) is 0 Å². The van der Waals surface area contributed by atoms with E-state index >= 15 is 0 Å². The molecule has 1 aliphatic carbocycles. The highest BCUT2D eigenvalue weighted by Crippen LogP contribution is 2.64. The summed E-state index contributed by atoms with van der Waals surface area (Å²) in [5.41, 5.74) is 3.14. The molecule has 2 nitrogen and oxygen atoms in total. The quantitative estimate of drug-likeness (QED) is 0.682. The van der Waals surface area contributed by atoms with Crippen LogP contribution in [0, 0.1) is 17.3 Å². The molecule has 2 aromatic rings. The third kappa shape index (κ3) is 2.14. The molecule has 3 heterocycles. The van der Waals surface area contributed by atoms with Crippen LogP contribution in [0.4, 0.5) is 0 Å². The number of hydrogen-bond acceptors (Lipinski definition) is 3. The maximum absolute atomic E-state index is 6.57. The molecule has 0 N–H and O–H groups in total. The summed E-state index contributed by atoms with van der Waals surface area (Å²) in [6.45, 7) is 7.16. The molecule has 1 aromatic heterocycles. The highest BCUT2D eigenvalue weighted by Gasteiger charge is 2.61. The number of fused-ring (bicyclic) bond motifs is 7. The second-order valence-corrected chi connectivity index (χ2v) is 9.79. The van der Waals surface area contributed by atoms with Crippen molar-refractivity contribution >= 4 is 11.8 Å². The van der Waals surface area contributed by atoms with E-state index in [1.165, 1.54) is 28.9 Å². The molecule has 2 aliphatic heterocycles. The number of ether oxygens (including phenoxy) is 1. The van der Waals surface area contributed by atoms with Gasteiger partial charge in [0.1, 0.15) is 0 Å². The molecule has 1 saturated heterocycles. The van der Waals surface area contributed by atoms with Crippen molar-refractivity contribution in [2.45, 2.75) is 61.7 Å². The average molecular weight is 340 g/mol. The van der Waals surface area contributed by atoms with Gasteiger partial charge in [-0.25, -0.2) is 0 Å². The number of benzene rings is 1. The minimum absolute atomic E-state index is 0.0219. The fourth-order valence-corrected chi connectivity index (χ4v) is 6.27. The predicted molar refractivity (Wildman–Crippen MR) is 95.2 cm³/mol. The molecule has 5 rings (SSSR count). The molecule has 1 saturated carbocycles. The maximum Gasteiger partial charge on any atom is 0.168 e. The first-order valence-corrected chi connectivity index (χ1v) is 9.78. The monoisotopic (exact) mass is 340 g/mol. The summed E-state index contributed by atoms with van der Waals surface area (Å²) in [6, 6.07) is 10.5. The molecule has 0 radical (unpaired) electrons. The zero-order chi connectivity index (χ0) is 16.5. The minimum atomic E-state index is -0.0219. The molecule has 24 heavy (non-hydrogen) atoms. The molecule has 126 valence electrons. The number of rotatable bonds is 2. The van der Waals surface area contributed by atoms with Crippen molar-refractivity contribution in [3.63, 3.8) is 0 Å². The summed E-state index contributed by atoms with van der Waals surface area (Å²) in [7, 11) is 0. The first-order chi connectivity index (χ1) is 11.5. The normalized spacial score (nSPS) is 35.7. The van der Waals surface area contributed by atoms with Crippen LogP contribution in [0.2, 0.25) is 0 Å². The Balaban J connectivity index is 1.52. The van der Waals surface area contributed by atoms with Gasteiger partial charge in [-0.3, -0.25) is 0 Å². The van der Waals surface area contributed by atoms with Crippen molar-refractivity contribution in [2.24, 2.45) is 17.3 Å². The van der Waals surface area contributed by atoms with Crippen LogP contribution >= 0.6 is 11.8 Å². The summed E-state index contributed by atoms with van der Waals surface area (Å²) < 4.78 is 12.6. The molecule has 3 heteroatoms. The topological polar surface area (TPSA) is 22.4 Å². The van der Waals surface area contributed by atoms with Crippen molar-refractivity contribution in [1.82, 2.24) is 0 Å². The molecule has 0 spiro atoms. The Morgan fingerprint density at radius 1 is 1.08 bits per heavy atom. The molecule has 1 aromatic carbocycles. The summed E-state index contributed by atoms with van der Waals surface area (Å²) in [5.74, 6) is 1.33. The van der Waals surface area contributed by atoms with E-state index in [1.54, 1.807) is 11.8 Å². The van der Waals surface area contributed by atoms with E-state index in [9.17, 15) is 0 Å². The van der Waals surface area contributed by atoms with Crippen LogP contribution in [0.25, 0.3) is 0 Å². The standard InChI is InChI=1S/C21H24O2S/c1-20(2)9-15-17(11-20)21(3)10-14-16(18(15)23-21)12-22-19(14)24-13-7-5-4-6-8-13/h4-8,12,15,17-18H,9-11H2,1-3H3/t15-,17+,18-,21-/m1/s1. The van der Waals surface area contributed by atoms with Gasteiger partial charge >= 0.3 is 0 Å². The van der Waals surface area contributed by atoms with E-state index in [-0.39, 0.29) is 11.7 Å². The molecular formula is C21H24O2S. The van der Waals surface area contributed by atoms with E-state index < -0.39 is 0 Å². The third-order valence-corrected chi connectivity index (χ3v) is 7.36. The molecule has 4 atom stereocenters. The van der Waals surface area contributed by atoms with Crippen molar-refractivity contribution in [1.29, 1.82) is 0 Å². The molecule has 2 bridgehead atoms. The van der Waals surface area contributed by atoms with Crippen LogP contribution in [0.3, 0.4) is 0 Å². The zero-order valence-corrected chi connectivity index (χ0v) is 15.4. The zero-order valence-electron chi connectivity index (χ0n) is 14.5. The Morgan fingerprint density at radius 3 is 2.67 bits per heavy atom. The predicted octanol–water partition coefficient (Wildman–Crippen LogP) is 5.87. The lowest BCUT2D eigenvalue weighted by Crippen LogP contribution is -2.37. The SMILES string of the molecule is CC1(C)C[C@H]2[C@H]3O[C@](C)(Cc4c3coc4Sc3ccccc3)[C@H]2C1. The van der Waals surface area contributed by atoms with Gasteiger partial charge in [-0.1, -0.05) is 43.8 Å². The van der Waals surface area contributed by atoms with E-state index in [0.717, 1.165) is 11.5 Å². The summed E-state index contributed by atoms with van der Waals surface area (Å²) in [6.07, 6.45) is 5.75. The maximum atomic E-state index is 6.57. The first kappa shape index (κ1) is 15.1. The van der Waals surface area contributed by atoms with Gasteiger partial charge in [0.15, 0.2) is 5.09 Å². The molecule has 3 aliphatic rings. The Kier molecular flexibility index (Phi) is 3.10. The van der Waals surface area contributed by atoms with Crippen molar-refractivity contribution in [3.05, 3.63) is 47.7 Å². The highest BCUT2D eigenvalue weighted by molar-refractivity contribution is 7.99. The van der Waals surface area contributed by atoms with Gasteiger partial charge in [-0.05, 0) is 49.1 Å². The van der Waals surface area contributed by atoms with E-state index in [0.29, 0.717) is 17.3 Å². The van der Waals surface area contributed by atoms with Gasteiger partial charge in [0.25, 0.3) is 0 Å². The van der Waals surface area contributed by atoms with E-state index in [4.69, 9.17) is 9.15 Å². The van der Waals surface area contributed by atoms with Crippen LogP contribution in [0.15, 0.2) is 51.0 Å². The Bertz CT molecular complexity index is 778. The fourth-order valence-electron chi connectivity index (χ4n) is 5.35. The van der Waals surface area contributed by atoms with Crippen LogP contribution in [-0.2, 0) is 11.2 Å². The van der Waals surface area contributed by atoms with Gasteiger partial charge in [0.2, 0.25) is 0 Å². The number of furan rings is 1. The molecular weight excluding hydrogens is 316 g/mol. The average Bonchev–Trinajstić information content (AvgIpc) is 3.14. The van der Waals surface area contributed by atoms with Gasteiger partial charge in [0.05, 0.1) is 18.0 Å². The van der Waals surface area contributed by atoms with Crippen LogP contribution in [-0.4, -0.2) is 5.60 Å². The van der Waals surface area contributed by atoms with Gasteiger partial charge in [0, 0.05) is 22.4 Å². The van der Waals surface area contributed by atoms with Gasteiger partial charge in [-0.2, -0.15) is 0 Å². The fraction of sp³-hybridized carbons (Fsp3) is 0.524. The van der Waals surface area contributed by atoms with Crippen molar-refractivity contribution in [2.75, 3.05) is 0 Å². The summed E-state index contributed by atoms with van der Waals surface area (Å²) >= 11 is 1.75. The molecule has 0 unspecified atom stereocenters. The van der Waals surface area contributed by atoms with Crippen LogP contribution < -0.4 is 0 Å². The number of hydrogen-bond donors (Lipinski definition) is 0. The van der Waals surface area contributed by atoms with Crippen molar-refractivity contribution < 1.29 is 9.15 Å². The lowest BCUT2D eigenvalue weighted by molar-refractivity contribution is -0.0688. The molecule has 2 fully saturated rings. The second-order valence-electron chi connectivity index (χ2n) is 8.74. The molecule has 0 amide bonds. The smallest absolute Gasteiger partial charge is 0.168 e. The second kappa shape index (κ2) is 4.92. The van der Waals surface area contributed by atoms with Gasteiger partial charge < -0.3 is 9.15 Å². The third-order valence-electron chi connectivity index (χ3n) is 6.32. The first-order valence-electron chi connectivity index (χ1n) is 8.96.